The second-order valence-electron chi connectivity index (χ2n) is 6.96. The third-order valence-corrected chi connectivity index (χ3v) is 6.87. The van der Waals surface area contributed by atoms with Gasteiger partial charge in [0.1, 0.15) is 0 Å². The van der Waals surface area contributed by atoms with Crippen molar-refractivity contribution in [1.82, 2.24) is 9.80 Å². The summed E-state index contributed by atoms with van der Waals surface area (Å²) in [5, 5.41) is -0.147. The predicted octanol–water partition coefficient (Wildman–Crippen LogP) is 2.15. The molecule has 1 saturated carbocycles. The van der Waals surface area contributed by atoms with Crippen LogP contribution in [0.15, 0.2) is 0 Å². The van der Waals surface area contributed by atoms with Gasteiger partial charge < -0.3 is 9.80 Å². The topological polar surface area (TPSA) is 40.6 Å². The first-order chi connectivity index (χ1) is 9.98. The molecule has 2 unspecified atom stereocenters. The minimum absolute atomic E-state index is 0.147. The minimum atomic E-state index is -2.92. The highest BCUT2D eigenvalue weighted by atomic mass is 32.2. The SMILES string of the molecule is CN(CCCN1CCCCC1)C1CCCCC1S(C)(=O)=O. The maximum atomic E-state index is 12.0. The molecule has 1 heterocycles. The lowest BCUT2D eigenvalue weighted by molar-refractivity contribution is 0.171. The Morgan fingerprint density at radius 1 is 1.05 bits per heavy atom. The van der Waals surface area contributed by atoms with E-state index in [1.165, 1.54) is 51.6 Å². The Morgan fingerprint density at radius 2 is 1.71 bits per heavy atom. The third kappa shape index (κ3) is 5.22. The molecule has 0 aromatic carbocycles. The van der Waals surface area contributed by atoms with Gasteiger partial charge in [-0.3, -0.25) is 0 Å². The summed E-state index contributed by atoms with van der Waals surface area (Å²) in [6.07, 6.45) is 10.8. The lowest BCUT2D eigenvalue weighted by atomic mass is 9.93. The number of rotatable bonds is 6. The van der Waals surface area contributed by atoms with Gasteiger partial charge in [-0.1, -0.05) is 19.3 Å². The molecular formula is C16H32N2O2S. The van der Waals surface area contributed by atoms with Crippen LogP contribution in [0.3, 0.4) is 0 Å². The molecule has 0 N–H and O–H groups in total. The summed E-state index contributed by atoms with van der Waals surface area (Å²) in [7, 11) is -0.802. The van der Waals surface area contributed by atoms with Gasteiger partial charge in [-0.15, -0.1) is 0 Å². The zero-order valence-electron chi connectivity index (χ0n) is 13.8. The van der Waals surface area contributed by atoms with Gasteiger partial charge in [-0.2, -0.15) is 0 Å². The summed E-state index contributed by atoms with van der Waals surface area (Å²) in [6.45, 7) is 4.69. The summed E-state index contributed by atoms with van der Waals surface area (Å²) in [4.78, 5) is 4.88. The van der Waals surface area contributed by atoms with Crippen molar-refractivity contribution in [3.63, 3.8) is 0 Å². The first-order valence-corrected chi connectivity index (χ1v) is 10.6. The summed E-state index contributed by atoms with van der Waals surface area (Å²) in [5.74, 6) is 0. The fourth-order valence-electron chi connectivity index (χ4n) is 3.97. The Balaban J connectivity index is 1.79. The van der Waals surface area contributed by atoms with Gasteiger partial charge in [-0.25, -0.2) is 8.42 Å². The fourth-order valence-corrected chi connectivity index (χ4v) is 5.48. The Labute approximate surface area is 130 Å². The van der Waals surface area contributed by atoms with Crippen LogP contribution in [0.2, 0.25) is 0 Å². The van der Waals surface area contributed by atoms with Crippen LogP contribution in [0.4, 0.5) is 0 Å². The van der Waals surface area contributed by atoms with Gasteiger partial charge in [0.05, 0.1) is 5.25 Å². The maximum Gasteiger partial charge on any atom is 0.151 e. The van der Waals surface area contributed by atoms with Gasteiger partial charge in [-0.05, 0) is 65.3 Å². The molecule has 0 amide bonds. The number of nitrogens with zero attached hydrogens (tertiary/aromatic N) is 2. The lowest BCUT2D eigenvalue weighted by Gasteiger charge is -2.37. The second-order valence-corrected chi connectivity index (χ2v) is 9.22. The first kappa shape index (κ1) is 17.2. The molecule has 1 saturated heterocycles. The molecule has 2 fully saturated rings. The molecule has 1 aliphatic heterocycles. The van der Waals surface area contributed by atoms with Gasteiger partial charge >= 0.3 is 0 Å². The summed E-state index contributed by atoms with van der Waals surface area (Å²) < 4.78 is 24.0. The number of sulfone groups is 1. The normalized spacial score (nSPS) is 28.9. The van der Waals surface area contributed by atoms with Crippen molar-refractivity contribution >= 4 is 9.84 Å². The quantitative estimate of drug-likeness (QED) is 0.753. The molecule has 0 aromatic rings. The highest BCUT2D eigenvalue weighted by molar-refractivity contribution is 7.91. The van der Waals surface area contributed by atoms with E-state index in [1.807, 2.05) is 0 Å². The smallest absolute Gasteiger partial charge is 0.151 e. The van der Waals surface area contributed by atoms with Crippen molar-refractivity contribution in [2.75, 3.05) is 39.5 Å². The van der Waals surface area contributed by atoms with E-state index in [2.05, 4.69) is 16.8 Å². The molecule has 0 bridgehead atoms. The number of piperidine rings is 1. The number of likely N-dealkylation sites (tertiary alicyclic amines) is 1. The van der Waals surface area contributed by atoms with Gasteiger partial charge in [0.25, 0.3) is 0 Å². The fraction of sp³-hybridized carbons (Fsp3) is 1.00. The molecule has 0 aromatic heterocycles. The van der Waals surface area contributed by atoms with Crippen LogP contribution in [0.25, 0.3) is 0 Å². The van der Waals surface area contributed by atoms with Crippen LogP contribution < -0.4 is 0 Å². The number of hydrogen-bond acceptors (Lipinski definition) is 4. The predicted molar refractivity (Wildman–Crippen MR) is 88.4 cm³/mol. The Hall–Kier alpha value is -0.130. The van der Waals surface area contributed by atoms with Crippen molar-refractivity contribution in [3.8, 4) is 0 Å². The Morgan fingerprint density at radius 3 is 2.38 bits per heavy atom. The molecule has 2 rings (SSSR count). The summed E-state index contributed by atoms with van der Waals surface area (Å²) >= 11 is 0. The molecule has 2 aliphatic rings. The Bertz CT molecular complexity index is 405. The average Bonchev–Trinajstić information content (AvgIpc) is 2.47. The van der Waals surface area contributed by atoms with Crippen LogP contribution in [-0.4, -0.2) is 69.0 Å². The molecular weight excluding hydrogens is 284 g/mol. The van der Waals surface area contributed by atoms with E-state index in [4.69, 9.17) is 0 Å². The average molecular weight is 317 g/mol. The molecule has 2 atom stereocenters. The molecule has 0 spiro atoms. The van der Waals surface area contributed by atoms with E-state index in [0.29, 0.717) is 0 Å². The van der Waals surface area contributed by atoms with Crippen LogP contribution in [0.5, 0.6) is 0 Å². The van der Waals surface area contributed by atoms with E-state index in [9.17, 15) is 8.42 Å². The van der Waals surface area contributed by atoms with Crippen molar-refractivity contribution in [3.05, 3.63) is 0 Å². The van der Waals surface area contributed by atoms with E-state index in [-0.39, 0.29) is 11.3 Å². The molecule has 5 heteroatoms. The Kier molecular flexibility index (Phi) is 6.51. The van der Waals surface area contributed by atoms with Crippen LogP contribution in [-0.2, 0) is 9.84 Å². The minimum Gasteiger partial charge on any atom is -0.303 e. The van der Waals surface area contributed by atoms with Crippen molar-refractivity contribution in [2.24, 2.45) is 0 Å². The number of hydrogen-bond donors (Lipinski definition) is 0. The van der Waals surface area contributed by atoms with Crippen molar-refractivity contribution in [2.45, 2.75) is 62.7 Å². The molecule has 4 nitrogen and oxygen atoms in total. The van der Waals surface area contributed by atoms with E-state index in [0.717, 1.165) is 32.2 Å². The van der Waals surface area contributed by atoms with Gasteiger partial charge in [0.2, 0.25) is 0 Å². The van der Waals surface area contributed by atoms with Gasteiger partial charge in [0.15, 0.2) is 9.84 Å². The van der Waals surface area contributed by atoms with E-state index < -0.39 is 9.84 Å². The summed E-state index contributed by atoms with van der Waals surface area (Å²) in [5.41, 5.74) is 0. The standard InChI is InChI=1S/C16H32N2O2S/c1-17(11-8-14-18-12-6-3-7-13-18)15-9-4-5-10-16(15)21(2,19)20/h15-16H,3-14H2,1-2H3. The second kappa shape index (κ2) is 7.93. The van der Waals surface area contributed by atoms with Crippen LogP contribution >= 0.6 is 0 Å². The molecule has 1 aliphatic carbocycles. The molecule has 21 heavy (non-hydrogen) atoms. The van der Waals surface area contributed by atoms with Crippen molar-refractivity contribution in [1.29, 1.82) is 0 Å². The monoisotopic (exact) mass is 316 g/mol. The first-order valence-electron chi connectivity index (χ1n) is 8.60. The van der Waals surface area contributed by atoms with Gasteiger partial charge in [0, 0.05) is 12.3 Å². The zero-order valence-corrected chi connectivity index (χ0v) is 14.6. The summed E-state index contributed by atoms with van der Waals surface area (Å²) in [6, 6.07) is 0.232. The third-order valence-electron chi connectivity index (χ3n) is 5.22. The maximum absolute atomic E-state index is 12.0. The largest absolute Gasteiger partial charge is 0.303 e. The van der Waals surface area contributed by atoms with E-state index in [1.54, 1.807) is 0 Å². The lowest BCUT2D eigenvalue weighted by Crippen LogP contribution is -2.47. The highest BCUT2D eigenvalue weighted by Gasteiger charge is 2.34. The van der Waals surface area contributed by atoms with Crippen LogP contribution in [0.1, 0.15) is 51.4 Å². The molecule has 0 radical (unpaired) electrons. The van der Waals surface area contributed by atoms with Crippen molar-refractivity contribution < 1.29 is 8.42 Å². The zero-order chi connectivity index (χ0) is 15.3. The van der Waals surface area contributed by atoms with Crippen LogP contribution in [0, 0.1) is 0 Å². The molecule has 124 valence electrons. The highest BCUT2D eigenvalue weighted by Crippen LogP contribution is 2.27. The van der Waals surface area contributed by atoms with E-state index >= 15 is 0 Å².